The monoisotopic (exact) mass is 344 g/mol. The lowest BCUT2D eigenvalue weighted by molar-refractivity contribution is 0.0505. The predicted molar refractivity (Wildman–Crippen MR) is 82.1 cm³/mol. The lowest BCUT2D eigenvalue weighted by Gasteiger charge is -2.32. The molecule has 1 aromatic carbocycles. The van der Waals surface area contributed by atoms with Gasteiger partial charge in [0.2, 0.25) is 0 Å². The van der Waals surface area contributed by atoms with Crippen molar-refractivity contribution in [2.75, 3.05) is 33.4 Å². The van der Waals surface area contributed by atoms with Crippen LogP contribution in [0.4, 0.5) is 4.39 Å². The Kier molecular flexibility index (Phi) is 5.96. The fourth-order valence-corrected chi connectivity index (χ4v) is 3.16. The molecule has 1 aliphatic rings. The maximum absolute atomic E-state index is 14.0. The molecule has 20 heavy (non-hydrogen) atoms. The summed E-state index contributed by atoms with van der Waals surface area (Å²) in [5, 5.41) is 0. The lowest BCUT2D eigenvalue weighted by atomic mass is 9.97. The van der Waals surface area contributed by atoms with Gasteiger partial charge >= 0.3 is 0 Å². The fourth-order valence-electron chi connectivity index (χ4n) is 2.78. The first-order valence-corrected chi connectivity index (χ1v) is 7.84. The van der Waals surface area contributed by atoms with E-state index in [1.807, 2.05) is 13.1 Å². The van der Waals surface area contributed by atoms with E-state index < -0.39 is 0 Å². The number of nitrogens with zero attached hydrogens (tertiary/aromatic N) is 1. The van der Waals surface area contributed by atoms with Crippen molar-refractivity contribution in [2.45, 2.75) is 18.9 Å². The minimum Gasteiger partial charge on any atom is -0.381 e. The van der Waals surface area contributed by atoms with E-state index in [0.717, 1.165) is 37.1 Å². The molecule has 2 rings (SSSR count). The number of likely N-dealkylation sites (N-methyl/N-ethyl adjacent to an activating group) is 1. The summed E-state index contributed by atoms with van der Waals surface area (Å²) in [7, 11) is 2.02. The Hall–Kier alpha value is -0.490. The molecule has 0 aliphatic carbocycles. The number of halogens is 2. The first kappa shape index (κ1) is 15.9. The van der Waals surface area contributed by atoms with Crippen LogP contribution in [-0.2, 0) is 4.74 Å². The van der Waals surface area contributed by atoms with Crippen molar-refractivity contribution >= 4 is 15.9 Å². The summed E-state index contributed by atoms with van der Waals surface area (Å²) in [5.74, 6) is 0.417. The van der Waals surface area contributed by atoms with Crippen molar-refractivity contribution in [3.05, 3.63) is 34.1 Å². The molecule has 2 N–H and O–H groups in total. The quantitative estimate of drug-likeness (QED) is 0.892. The minimum atomic E-state index is -0.192. The van der Waals surface area contributed by atoms with Crippen LogP contribution in [0.25, 0.3) is 0 Å². The van der Waals surface area contributed by atoms with Gasteiger partial charge in [-0.1, -0.05) is 15.9 Å². The molecule has 0 saturated carbocycles. The highest BCUT2D eigenvalue weighted by molar-refractivity contribution is 9.10. The van der Waals surface area contributed by atoms with Gasteiger partial charge in [0, 0.05) is 42.4 Å². The summed E-state index contributed by atoms with van der Waals surface area (Å²) >= 11 is 3.40. The molecule has 1 fully saturated rings. The van der Waals surface area contributed by atoms with Crippen LogP contribution in [0.2, 0.25) is 0 Å². The third kappa shape index (κ3) is 4.01. The molecule has 1 aromatic rings. The van der Waals surface area contributed by atoms with Gasteiger partial charge in [-0.15, -0.1) is 0 Å². The number of hydrogen-bond donors (Lipinski definition) is 1. The highest BCUT2D eigenvalue weighted by atomic mass is 79.9. The minimum absolute atomic E-state index is 0.0876. The Morgan fingerprint density at radius 3 is 2.80 bits per heavy atom. The van der Waals surface area contributed by atoms with Crippen LogP contribution < -0.4 is 5.73 Å². The normalized spacial score (nSPS) is 18.4. The molecule has 0 aromatic heterocycles. The second-order valence-corrected chi connectivity index (χ2v) is 6.33. The van der Waals surface area contributed by atoms with E-state index in [9.17, 15) is 4.39 Å². The summed E-state index contributed by atoms with van der Waals surface area (Å²) in [6.45, 7) is 3.00. The van der Waals surface area contributed by atoms with Crippen molar-refractivity contribution in [3.63, 3.8) is 0 Å². The first-order valence-electron chi connectivity index (χ1n) is 7.04. The number of benzene rings is 1. The van der Waals surface area contributed by atoms with Crippen LogP contribution in [0, 0.1) is 11.7 Å². The zero-order valence-corrected chi connectivity index (χ0v) is 13.4. The predicted octanol–water partition coefficient (Wildman–Crippen LogP) is 2.95. The first-order chi connectivity index (χ1) is 9.61. The van der Waals surface area contributed by atoms with Crippen LogP contribution in [0.15, 0.2) is 22.7 Å². The van der Waals surface area contributed by atoms with Gasteiger partial charge in [0.25, 0.3) is 0 Å². The molecule has 1 aliphatic heterocycles. The number of hydrogen-bond acceptors (Lipinski definition) is 3. The van der Waals surface area contributed by atoms with E-state index in [4.69, 9.17) is 10.5 Å². The molecule has 1 unspecified atom stereocenters. The van der Waals surface area contributed by atoms with Crippen molar-refractivity contribution in [1.29, 1.82) is 0 Å². The largest absolute Gasteiger partial charge is 0.381 e. The summed E-state index contributed by atoms with van der Waals surface area (Å²) in [5.41, 5.74) is 6.54. The molecule has 0 amide bonds. The van der Waals surface area contributed by atoms with E-state index in [1.54, 1.807) is 6.07 Å². The third-order valence-corrected chi connectivity index (χ3v) is 4.45. The van der Waals surface area contributed by atoms with E-state index in [0.29, 0.717) is 18.0 Å². The van der Waals surface area contributed by atoms with Crippen LogP contribution >= 0.6 is 15.9 Å². The van der Waals surface area contributed by atoms with Gasteiger partial charge < -0.3 is 10.5 Å². The average molecular weight is 345 g/mol. The molecular formula is C15H22BrFN2O. The van der Waals surface area contributed by atoms with Crippen LogP contribution in [0.5, 0.6) is 0 Å². The number of nitrogens with two attached hydrogens (primary N) is 1. The Morgan fingerprint density at radius 2 is 2.15 bits per heavy atom. The Labute approximate surface area is 128 Å². The molecular weight excluding hydrogens is 323 g/mol. The summed E-state index contributed by atoms with van der Waals surface area (Å²) in [4.78, 5) is 2.17. The van der Waals surface area contributed by atoms with Crippen molar-refractivity contribution in [1.82, 2.24) is 4.90 Å². The van der Waals surface area contributed by atoms with Gasteiger partial charge in [0.05, 0.1) is 0 Å². The zero-order chi connectivity index (χ0) is 14.5. The van der Waals surface area contributed by atoms with Crippen molar-refractivity contribution in [3.8, 4) is 0 Å². The topological polar surface area (TPSA) is 38.5 Å². The van der Waals surface area contributed by atoms with Crippen molar-refractivity contribution < 1.29 is 9.13 Å². The van der Waals surface area contributed by atoms with Gasteiger partial charge in [0.1, 0.15) is 5.82 Å². The van der Waals surface area contributed by atoms with Gasteiger partial charge in [0.15, 0.2) is 0 Å². The van der Waals surface area contributed by atoms with Gasteiger partial charge in [-0.3, -0.25) is 4.90 Å². The molecule has 1 heterocycles. The van der Waals surface area contributed by atoms with E-state index in [1.165, 1.54) is 6.07 Å². The summed E-state index contributed by atoms with van der Waals surface area (Å²) in [6.07, 6.45) is 2.14. The second-order valence-electron chi connectivity index (χ2n) is 5.41. The highest BCUT2D eigenvalue weighted by Crippen LogP contribution is 2.27. The average Bonchev–Trinajstić information content (AvgIpc) is 2.44. The smallest absolute Gasteiger partial charge is 0.128 e. The molecule has 0 radical (unpaired) electrons. The Morgan fingerprint density at radius 1 is 1.45 bits per heavy atom. The molecule has 1 saturated heterocycles. The molecule has 5 heteroatoms. The second kappa shape index (κ2) is 7.50. The maximum atomic E-state index is 14.0. The fraction of sp³-hybridized carbons (Fsp3) is 0.600. The van der Waals surface area contributed by atoms with Crippen LogP contribution in [-0.4, -0.2) is 38.3 Å². The van der Waals surface area contributed by atoms with Gasteiger partial charge in [-0.2, -0.15) is 0 Å². The van der Waals surface area contributed by atoms with E-state index >= 15 is 0 Å². The van der Waals surface area contributed by atoms with Gasteiger partial charge in [-0.05, 0) is 44.0 Å². The van der Waals surface area contributed by atoms with Crippen LogP contribution in [0.3, 0.4) is 0 Å². The Balaban J connectivity index is 2.07. The van der Waals surface area contributed by atoms with Crippen LogP contribution in [0.1, 0.15) is 24.4 Å². The zero-order valence-electron chi connectivity index (χ0n) is 11.8. The molecule has 3 nitrogen and oxygen atoms in total. The Bertz CT molecular complexity index is 438. The third-order valence-electron chi connectivity index (χ3n) is 3.96. The lowest BCUT2D eigenvalue weighted by Crippen LogP contribution is -2.36. The molecule has 0 bridgehead atoms. The summed E-state index contributed by atoms with van der Waals surface area (Å²) in [6, 6.07) is 4.94. The maximum Gasteiger partial charge on any atom is 0.128 e. The number of ether oxygens (including phenoxy) is 1. The highest BCUT2D eigenvalue weighted by Gasteiger charge is 2.23. The van der Waals surface area contributed by atoms with E-state index in [2.05, 4.69) is 20.8 Å². The number of rotatable bonds is 5. The van der Waals surface area contributed by atoms with Gasteiger partial charge in [-0.25, -0.2) is 4.39 Å². The summed E-state index contributed by atoms with van der Waals surface area (Å²) < 4.78 is 20.3. The standard InChI is InChI=1S/C15H22BrFN2O/c1-19(10-11-4-6-20-7-5-11)15(9-18)13-8-12(16)2-3-14(13)17/h2-3,8,11,15H,4-7,9-10,18H2,1H3. The SMILES string of the molecule is CN(CC1CCOCC1)C(CN)c1cc(Br)ccc1F. The van der Waals surface area contributed by atoms with E-state index in [-0.39, 0.29) is 11.9 Å². The molecule has 112 valence electrons. The molecule has 1 atom stereocenters. The van der Waals surface area contributed by atoms with Crippen molar-refractivity contribution in [2.24, 2.45) is 11.7 Å². The molecule has 0 spiro atoms.